The monoisotopic (exact) mass is 470 g/mol. The number of halogens is 3. The zero-order valence-electron chi connectivity index (χ0n) is 11.4. The van der Waals surface area contributed by atoms with E-state index < -0.39 is 0 Å². The van der Waals surface area contributed by atoms with Gasteiger partial charge in [-0.05, 0) is 75.2 Å². The molecule has 0 nitrogen and oxygen atoms in total. The Hall–Kier alpha value is -0.580. The maximum Gasteiger partial charge on any atom is 0.0852 e. The predicted octanol–water partition coefficient (Wildman–Crippen LogP) is 6.84. The van der Waals surface area contributed by atoms with Crippen LogP contribution in [0, 0.1) is 10.5 Å². The van der Waals surface area contributed by atoms with Crippen LogP contribution in [0.3, 0.4) is 0 Å². The van der Waals surface area contributed by atoms with Crippen molar-refractivity contribution in [2.24, 2.45) is 0 Å². The van der Waals surface area contributed by atoms with E-state index in [2.05, 4.69) is 94.0 Å². The van der Waals surface area contributed by atoms with E-state index in [1.165, 1.54) is 19.9 Å². The second-order valence-electron chi connectivity index (χ2n) is 5.05. The Kier molecular flexibility index (Phi) is 4.57. The molecule has 0 radical (unpaired) electrons. The van der Waals surface area contributed by atoms with Gasteiger partial charge in [-0.2, -0.15) is 0 Å². The van der Waals surface area contributed by atoms with Crippen molar-refractivity contribution < 1.29 is 0 Å². The summed E-state index contributed by atoms with van der Waals surface area (Å²) in [5, 5.41) is 2.35. The molecule has 0 spiro atoms. The summed E-state index contributed by atoms with van der Waals surface area (Å²) < 4.78 is 2.24. The summed E-state index contributed by atoms with van der Waals surface area (Å²) in [6.07, 6.45) is 0. The van der Waals surface area contributed by atoms with Crippen LogP contribution in [-0.2, 0) is 0 Å². The Morgan fingerprint density at radius 3 is 2.43 bits per heavy atom. The first-order chi connectivity index (χ1) is 10.1. The lowest BCUT2D eigenvalue weighted by Crippen LogP contribution is -1.98. The summed E-state index contributed by atoms with van der Waals surface area (Å²) in [5.74, 6) is 0. The van der Waals surface area contributed by atoms with Crippen LogP contribution in [0.1, 0.15) is 22.1 Å². The first-order valence-corrected chi connectivity index (χ1v) is 8.96. The summed E-state index contributed by atoms with van der Waals surface area (Å²) in [6.45, 7) is 2.14. The number of hydrogen-bond donors (Lipinski definition) is 0. The number of benzene rings is 3. The number of rotatable bonds is 2. The van der Waals surface area contributed by atoms with Gasteiger partial charge in [0.15, 0.2) is 0 Å². The first kappa shape index (κ1) is 15.3. The normalized spacial score (nSPS) is 12.6. The molecule has 3 rings (SSSR count). The highest BCUT2D eigenvalue weighted by atomic mass is 127. The summed E-state index contributed by atoms with van der Waals surface area (Å²) in [4.78, 5) is 0. The lowest BCUT2D eigenvalue weighted by Gasteiger charge is -2.16. The van der Waals surface area contributed by atoms with Crippen molar-refractivity contribution in [2.45, 2.75) is 12.3 Å². The molecule has 0 heterocycles. The maximum absolute atomic E-state index is 6.81. The molecular weight excluding hydrogens is 458 g/mol. The zero-order valence-corrected chi connectivity index (χ0v) is 15.9. The minimum atomic E-state index is -0.153. The molecule has 0 fully saturated rings. The van der Waals surface area contributed by atoms with Crippen LogP contribution in [0.15, 0.2) is 59.1 Å². The summed E-state index contributed by atoms with van der Waals surface area (Å²) in [7, 11) is 0. The minimum Gasteiger partial charge on any atom is -0.113 e. The Morgan fingerprint density at radius 2 is 1.67 bits per heavy atom. The summed E-state index contributed by atoms with van der Waals surface area (Å²) in [5.41, 5.74) is 3.58. The molecule has 3 aromatic rings. The van der Waals surface area contributed by atoms with E-state index in [0.717, 1.165) is 15.6 Å². The van der Waals surface area contributed by atoms with Crippen LogP contribution in [0.4, 0.5) is 0 Å². The van der Waals surface area contributed by atoms with E-state index in [0.29, 0.717) is 0 Å². The fourth-order valence-electron chi connectivity index (χ4n) is 2.57. The minimum absolute atomic E-state index is 0.153. The lowest BCUT2D eigenvalue weighted by molar-refractivity contribution is 1.14. The smallest absolute Gasteiger partial charge is 0.0852 e. The van der Waals surface area contributed by atoms with Crippen molar-refractivity contribution in [1.82, 2.24) is 0 Å². The number of hydrogen-bond acceptors (Lipinski definition) is 0. The second kappa shape index (κ2) is 6.27. The highest BCUT2D eigenvalue weighted by Gasteiger charge is 2.17. The molecule has 21 heavy (non-hydrogen) atoms. The molecule has 1 atom stereocenters. The van der Waals surface area contributed by atoms with Gasteiger partial charge in [-0.25, -0.2) is 0 Å². The van der Waals surface area contributed by atoms with Gasteiger partial charge in [0.1, 0.15) is 0 Å². The first-order valence-electron chi connectivity index (χ1n) is 6.65. The Balaban J connectivity index is 2.20. The summed E-state index contributed by atoms with van der Waals surface area (Å²) >= 11 is 12.7. The third-order valence-electron chi connectivity index (χ3n) is 3.68. The molecule has 0 aliphatic carbocycles. The molecule has 0 saturated heterocycles. The second-order valence-corrected chi connectivity index (χ2v) is 7.56. The largest absolute Gasteiger partial charge is 0.113 e. The van der Waals surface area contributed by atoms with Gasteiger partial charge in [0.25, 0.3) is 0 Å². The van der Waals surface area contributed by atoms with E-state index in [1.807, 2.05) is 6.07 Å². The van der Waals surface area contributed by atoms with E-state index in [1.54, 1.807) is 0 Å². The summed E-state index contributed by atoms with van der Waals surface area (Å²) in [6, 6.07) is 19.0. The van der Waals surface area contributed by atoms with Gasteiger partial charge in [0, 0.05) is 8.04 Å². The van der Waals surface area contributed by atoms with Crippen molar-refractivity contribution in [1.29, 1.82) is 0 Å². The Bertz CT molecular complexity index is 813. The highest BCUT2D eigenvalue weighted by molar-refractivity contribution is 14.1. The van der Waals surface area contributed by atoms with E-state index in [9.17, 15) is 0 Å². The standard InChI is InChI=1S/C18H13BrClI/c1-11-6-8-15(14-5-3-2-4-13(11)14)18(20)16-10-12(19)7-9-17(16)21/h2-10,18H,1H3. The molecular formula is C18H13BrClI. The van der Waals surface area contributed by atoms with E-state index >= 15 is 0 Å². The Morgan fingerprint density at radius 1 is 0.952 bits per heavy atom. The highest BCUT2D eigenvalue weighted by Crippen LogP contribution is 2.37. The van der Waals surface area contributed by atoms with E-state index in [-0.39, 0.29) is 5.38 Å². The van der Waals surface area contributed by atoms with Crippen molar-refractivity contribution >= 4 is 60.9 Å². The zero-order chi connectivity index (χ0) is 15.0. The molecule has 0 aromatic heterocycles. The molecule has 0 bridgehead atoms. The molecule has 3 aromatic carbocycles. The van der Waals surface area contributed by atoms with Gasteiger partial charge in [0.2, 0.25) is 0 Å². The third kappa shape index (κ3) is 2.99. The molecule has 3 heteroatoms. The molecule has 0 aliphatic heterocycles. The topological polar surface area (TPSA) is 0 Å². The lowest BCUT2D eigenvalue weighted by atomic mass is 9.95. The maximum atomic E-state index is 6.81. The van der Waals surface area contributed by atoms with Gasteiger partial charge in [0.05, 0.1) is 5.38 Å². The van der Waals surface area contributed by atoms with Gasteiger partial charge in [-0.1, -0.05) is 52.3 Å². The molecule has 0 aliphatic rings. The van der Waals surface area contributed by atoms with Crippen LogP contribution >= 0.6 is 50.1 Å². The SMILES string of the molecule is Cc1ccc(C(Cl)c2cc(Br)ccc2I)c2ccccc12. The van der Waals surface area contributed by atoms with Gasteiger partial charge >= 0.3 is 0 Å². The quantitative estimate of drug-likeness (QED) is 0.283. The van der Waals surface area contributed by atoms with Crippen LogP contribution < -0.4 is 0 Å². The molecule has 1 unspecified atom stereocenters. The van der Waals surface area contributed by atoms with Crippen LogP contribution in [-0.4, -0.2) is 0 Å². The van der Waals surface area contributed by atoms with Crippen LogP contribution in [0.25, 0.3) is 10.8 Å². The molecule has 0 saturated carbocycles. The van der Waals surface area contributed by atoms with Crippen LogP contribution in [0.5, 0.6) is 0 Å². The fourth-order valence-corrected chi connectivity index (χ4v) is 4.15. The molecule has 0 amide bonds. The van der Waals surface area contributed by atoms with Crippen molar-refractivity contribution in [3.05, 3.63) is 79.3 Å². The number of fused-ring (bicyclic) bond motifs is 1. The average Bonchev–Trinajstić information content (AvgIpc) is 2.50. The van der Waals surface area contributed by atoms with Crippen LogP contribution in [0.2, 0.25) is 0 Å². The predicted molar refractivity (Wildman–Crippen MR) is 103 cm³/mol. The van der Waals surface area contributed by atoms with Crippen molar-refractivity contribution in [3.63, 3.8) is 0 Å². The number of aryl methyl sites for hydroxylation is 1. The third-order valence-corrected chi connectivity index (χ3v) is 5.63. The molecule has 0 N–H and O–H groups in total. The fraction of sp³-hybridized carbons (Fsp3) is 0.111. The van der Waals surface area contributed by atoms with E-state index in [4.69, 9.17) is 11.6 Å². The molecule has 106 valence electrons. The van der Waals surface area contributed by atoms with Gasteiger partial charge in [-0.15, -0.1) is 11.6 Å². The van der Waals surface area contributed by atoms with Crippen molar-refractivity contribution in [3.8, 4) is 0 Å². The van der Waals surface area contributed by atoms with Crippen molar-refractivity contribution in [2.75, 3.05) is 0 Å². The Labute approximate surface area is 151 Å². The number of alkyl halides is 1. The average molecular weight is 472 g/mol. The van der Waals surface area contributed by atoms with Gasteiger partial charge < -0.3 is 0 Å². The van der Waals surface area contributed by atoms with Gasteiger partial charge in [-0.3, -0.25) is 0 Å².